The number of rotatable bonds is 4. The van der Waals surface area contributed by atoms with Crippen LogP contribution in [0.25, 0.3) is 6.08 Å². The molecule has 0 radical (unpaired) electrons. The van der Waals surface area contributed by atoms with Crippen LogP contribution in [0.1, 0.15) is 18.9 Å². The van der Waals surface area contributed by atoms with Crippen molar-refractivity contribution in [2.75, 3.05) is 26.2 Å². The zero-order valence-corrected chi connectivity index (χ0v) is 11.8. The second-order valence-corrected chi connectivity index (χ2v) is 4.76. The summed E-state index contributed by atoms with van der Waals surface area (Å²) >= 11 is 0. The molecule has 0 spiro atoms. The van der Waals surface area contributed by atoms with E-state index >= 15 is 0 Å². The summed E-state index contributed by atoms with van der Waals surface area (Å²) < 4.78 is 0. The molecule has 3 heteroatoms. The summed E-state index contributed by atoms with van der Waals surface area (Å²) in [6, 6.07) is 11.1. The maximum Gasteiger partial charge on any atom is 0.0167 e. The summed E-state index contributed by atoms with van der Waals surface area (Å²) in [7, 11) is 0. The van der Waals surface area contributed by atoms with Crippen molar-refractivity contribution in [3.63, 3.8) is 0 Å². The third-order valence-corrected chi connectivity index (χ3v) is 3.17. The minimum atomic E-state index is 0. The van der Waals surface area contributed by atoms with E-state index in [1.807, 2.05) is 0 Å². The summed E-state index contributed by atoms with van der Waals surface area (Å²) in [6.45, 7) is 6.92. The number of nitrogens with zero attached hydrogens (tertiary/aromatic N) is 1. The predicted octanol–water partition coefficient (Wildman–Crippen LogP) is 2.81. The predicted molar refractivity (Wildman–Crippen MR) is 81.2 cm³/mol. The van der Waals surface area contributed by atoms with Crippen molar-refractivity contribution in [2.45, 2.75) is 19.4 Å². The van der Waals surface area contributed by atoms with Crippen LogP contribution in [0.15, 0.2) is 36.4 Å². The SMILES string of the molecule is CC1CN(CCC=Cc2ccccc2)CCN1.Cl. The molecule has 100 valence electrons. The maximum absolute atomic E-state index is 3.47. The van der Waals surface area contributed by atoms with E-state index in [2.05, 4.69) is 59.6 Å². The van der Waals surface area contributed by atoms with E-state index < -0.39 is 0 Å². The molecular formula is C15H23ClN2. The Morgan fingerprint density at radius 1 is 1.33 bits per heavy atom. The smallest absolute Gasteiger partial charge is 0.0167 e. The van der Waals surface area contributed by atoms with E-state index in [9.17, 15) is 0 Å². The molecule has 2 nitrogen and oxygen atoms in total. The van der Waals surface area contributed by atoms with Crippen LogP contribution in [-0.4, -0.2) is 37.1 Å². The lowest BCUT2D eigenvalue weighted by Crippen LogP contribution is -2.49. The van der Waals surface area contributed by atoms with Gasteiger partial charge in [0.2, 0.25) is 0 Å². The zero-order valence-electron chi connectivity index (χ0n) is 11.0. The van der Waals surface area contributed by atoms with Gasteiger partial charge in [-0.15, -0.1) is 12.4 Å². The summed E-state index contributed by atoms with van der Waals surface area (Å²) in [6.07, 6.45) is 5.63. The van der Waals surface area contributed by atoms with Gasteiger partial charge in [0.15, 0.2) is 0 Å². The molecular weight excluding hydrogens is 244 g/mol. The number of piperazine rings is 1. The van der Waals surface area contributed by atoms with Gasteiger partial charge in [-0.2, -0.15) is 0 Å². The fraction of sp³-hybridized carbons (Fsp3) is 0.467. The molecule has 1 aromatic rings. The van der Waals surface area contributed by atoms with Gasteiger partial charge in [0.05, 0.1) is 0 Å². The highest BCUT2D eigenvalue weighted by Gasteiger charge is 2.13. The van der Waals surface area contributed by atoms with Gasteiger partial charge in [0.1, 0.15) is 0 Å². The van der Waals surface area contributed by atoms with Crippen LogP contribution in [0.4, 0.5) is 0 Å². The highest BCUT2D eigenvalue weighted by molar-refractivity contribution is 5.85. The molecule has 0 bridgehead atoms. The van der Waals surface area contributed by atoms with Gasteiger partial charge in [0, 0.05) is 32.2 Å². The minimum Gasteiger partial charge on any atom is -0.312 e. The fourth-order valence-corrected chi connectivity index (χ4v) is 2.26. The summed E-state index contributed by atoms with van der Waals surface area (Å²) in [4.78, 5) is 2.54. The maximum atomic E-state index is 3.47. The molecule has 18 heavy (non-hydrogen) atoms. The lowest BCUT2D eigenvalue weighted by Gasteiger charge is -2.31. The Labute approximate surface area is 116 Å². The Hall–Kier alpha value is -0.830. The van der Waals surface area contributed by atoms with Crippen molar-refractivity contribution in [3.8, 4) is 0 Å². The van der Waals surface area contributed by atoms with Crippen molar-refractivity contribution in [2.24, 2.45) is 0 Å². The topological polar surface area (TPSA) is 15.3 Å². The normalized spacial score (nSPS) is 20.8. The Morgan fingerprint density at radius 2 is 2.11 bits per heavy atom. The quantitative estimate of drug-likeness (QED) is 0.902. The van der Waals surface area contributed by atoms with Crippen LogP contribution in [-0.2, 0) is 0 Å². The van der Waals surface area contributed by atoms with Crippen LogP contribution < -0.4 is 5.32 Å². The standard InChI is InChI=1S/C15H22N2.ClH/c1-14-13-17(12-10-16-14)11-6-5-9-15-7-3-2-4-8-15;/h2-5,7-9,14,16H,6,10-13H2,1H3;1H. The fourth-order valence-electron chi connectivity index (χ4n) is 2.26. The average molecular weight is 267 g/mol. The lowest BCUT2D eigenvalue weighted by atomic mass is 10.2. The number of halogens is 1. The molecule has 1 aromatic carbocycles. The molecule has 1 aliphatic rings. The molecule has 1 saturated heterocycles. The highest BCUT2D eigenvalue weighted by Crippen LogP contribution is 2.04. The first kappa shape index (κ1) is 15.2. The van der Waals surface area contributed by atoms with Crippen molar-refractivity contribution in [1.29, 1.82) is 0 Å². The molecule has 1 heterocycles. The number of nitrogens with one attached hydrogen (secondary N) is 1. The van der Waals surface area contributed by atoms with Crippen molar-refractivity contribution in [3.05, 3.63) is 42.0 Å². The second-order valence-electron chi connectivity index (χ2n) is 4.76. The summed E-state index contributed by atoms with van der Waals surface area (Å²) in [5.41, 5.74) is 1.29. The summed E-state index contributed by atoms with van der Waals surface area (Å²) in [5.74, 6) is 0. The molecule has 0 amide bonds. The van der Waals surface area contributed by atoms with E-state index in [1.165, 1.54) is 25.2 Å². The van der Waals surface area contributed by atoms with Crippen LogP contribution in [0.2, 0.25) is 0 Å². The third kappa shape index (κ3) is 5.21. The molecule has 1 unspecified atom stereocenters. The molecule has 1 N–H and O–H groups in total. The largest absolute Gasteiger partial charge is 0.312 e. The molecule has 1 atom stereocenters. The Balaban J connectivity index is 0.00000162. The third-order valence-electron chi connectivity index (χ3n) is 3.17. The van der Waals surface area contributed by atoms with E-state index in [0.717, 1.165) is 13.0 Å². The average Bonchev–Trinajstić information content (AvgIpc) is 2.36. The van der Waals surface area contributed by atoms with Crippen molar-refractivity contribution >= 4 is 18.5 Å². The Morgan fingerprint density at radius 3 is 2.83 bits per heavy atom. The number of hydrogen-bond acceptors (Lipinski definition) is 2. The molecule has 1 aliphatic heterocycles. The van der Waals surface area contributed by atoms with Crippen LogP contribution in [0, 0.1) is 0 Å². The highest BCUT2D eigenvalue weighted by atomic mass is 35.5. The molecule has 0 aliphatic carbocycles. The molecule has 1 fully saturated rings. The minimum absolute atomic E-state index is 0. The van der Waals surface area contributed by atoms with E-state index in [1.54, 1.807) is 0 Å². The zero-order chi connectivity index (χ0) is 11.9. The number of hydrogen-bond donors (Lipinski definition) is 1. The Bertz CT molecular complexity index is 351. The van der Waals surface area contributed by atoms with E-state index in [0.29, 0.717) is 6.04 Å². The van der Waals surface area contributed by atoms with Crippen LogP contribution >= 0.6 is 12.4 Å². The number of benzene rings is 1. The second kappa shape index (κ2) is 8.30. The molecule has 0 aromatic heterocycles. The van der Waals surface area contributed by atoms with Gasteiger partial charge >= 0.3 is 0 Å². The lowest BCUT2D eigenvalue weighted by molar-refractivity contribution is 0.210. The van der Waals surface area contributed by atoms with Gasteiger partial charge in [-0.3, -0.25) is 0 Å². The first-order chi connectivity index (χ1) is 8.34. The van der Waals surface area contributed by atoms with Crippen molar-refractivity contribution < 1.29 is 0 Å². The Kier molecular flexibility index (Phi) is 7.02. The van der Waals surface area contributed by atoms with Gasteiger partial charge in [-0.25, -0.2) is 0 Å². The molecule has 0 saturated carbocycles. The van der Waals surface area contributed by atoms with Gasteiger partial charge < -0.3 is 10.2 Å². The van der Waals surface area contributed by atoms with Crippen LogP contribution in [0.3, 0.4) is 0 Å². The summed E-state index contributed by atoms with van der Waals surface area (Å²) in [5, 5.41) is 3.47. The first-order valence-corrected chi connectivity index (χ1v) is 6.52. The molecule has 2 rings (SSSR count). The first-order valence-electron chi connectivity index (χ1n) is 6.52. The van der Waals surface area contributed by atoms with Crippen LogP contribution in [0.5, 0.6) is 0 Å². The van der Waals surface area contributed by atoms with E-state index in [-0.39, 0.29) is 12.4 Å². The van der Waals surface area contributed by atoms with E-state index in [4.69, 9.17) is 0 Å². The van der Waals surface area contributed by atoms with Crippen molar-refractivity contribution in [1.82, 2.24) is 10.2 Å². The monoisotopic (exact) mass is 266 g/mol. The van der Waals surface area contributed by atoms with Gasteiger partial charge in [-0.1, -0.05) is 42.5 Å². The van der Waals surface area contributed by atoms with Gasteiger partial charge in [0.25, 0.3) is 0 Å². The van der Waals surface area contributed by atoms with Gasteiger partial charge in [-0.05, 0) is 18.9 Å².